The van der Waals surface area contributed by atoms with Crippen LogP contribution in [0.4, 0.5) is 15.9 Å². The molecular formula is C15H15ClFN3O. The first kappa shape index (κ1) is 15.3. The number of pyridine rings is 1. The predicted molar refractivity (Wildman–Crippen MR) is 82.5 cm³/mol. The van der Waals surface area contributed by atoms with Crippen LogP contribution in [0.2, 0.25) is 5.02 Å². The summed E-state index contributed by atoms with van der Waals surface area (Å²) in [7, 11) is 1.59. The number of hydrogen-bond donors (Lipinski definition) is 1. The third-order valence-electron chi connectivity index (χ3n) is 2.93. The summed E-state index contributed by atoms with van der Waals surface area (Å²) >= 11 is 6.05. The van der Waals surface area contributed by atoms with E-state index in [-0.39, 0.29) is 22.4 Å². The minimum atomic E-state index is -0.357. The molecule has 0 spiro atoms. The molecule has 110 valence electrons. The van der Waals surface area contributed by atoms with Gasteiger partial charge in [-0.1, -0.05) is 11.6 Å². The fourth-order valence-corrected chi connectivity index (χ4v) is 2.00. The molecule has 0 unspecified atom stereocenters. The van der Waals surface area contributed by atoms with Gasteiger partial charge in [-0.25, -0.2) is 9.37 Å². The number of halogens is 2. The Morgan fingerprint density at radius 2 is 1.95 bits per heavy atom. The van der Waals surface area contributed by atoms with Crippen molar-refractivity contribution < 1.29 is 9.18 Å². The fourth-order valence-electron chi connectivity index (χ4n) is 1.81. The van der Waals surface area contributed by atoms with Crippen molar-refractivity contribution in [3.8, 4) is 0 Å². The number of anilines is 2. The van der Waals surface area contributed by atoms with Crippen molar-refractivity contribution in [1.82, 2.24) is 4.98 Å². The second-order valence-corrected chi connectivity index (χ2v) is 4.81. The van der Waals surface area contributed by atoms with E-state index in [1.54, 1.807) is 19.2 Å². The van der Waals surface area contributed by atoms with Crippen molar-refractivity contribution in [3.63, 3.8) is 0 Å². The quantitative estimate of drug-likeness (QED) is 0.939. The zero-order valence-corrected chi connectivity index (χ0v) is 12.5. The molecule has 1 amide bonds. The Hall–Kier alpha value is -2.14. The number of aromatic nitrogens is 1. The molecule has 1 N–H and O–H groups in total. The van der Waals surface area contributed by atoms with Gasteiger partial charge in [0.2, 0.25) is 0 Å². The van der Waals surface area contributed by atoms with Gasteiger partial charge in [-0.2, -0.15) is 0 Å². The van der Waals surface area contributed by atoms with E-state index in [1.807, 2.05) is 6.92 Å². The molecular weight excluding hydrogens is 293 g/mol. The van der Waals surface area contributed by atoms with Gasteiger partial charge in [0.25, 0.3) is 5.91 Å². The monoisotopic (exact) mass is 307 g/mol. The molecule has 21 heavy (non-hydrogen) atoms. The number of nitrogens with zero attached hydrogens (tertiary/aromatic N) is 2. The van der Waals surface area contributed by atoms with E-state index in [0.29, 0.717) is 18.1 Å². The third-order valence-corrected chi connectivity index (χ3v) is 3.23. The highest BCUT2D eigenvalue weighted by molar-refractivity contribution is 6.34. The highest BCUT2D eigenvalue weighted by Crippen LogP contribution is 2.21. The number of carbonyl (C=O) groups is 1. The smallest absolute Gasteiger partial charge is 0.278 e. The maximum Gasteiger partial charge on any atom is 0.278 e. The maximum absolute atomic E-state index is 12.9. The van der Waals surface area contributed by atoms with E-state index >= 15 is 0 Å². The number of amides is 1. The lowest BCUT2D eigenvalue weighted by Gasteiger charge is -2.18. The number of hydrogen-bond acceptors (Lipinski definition) is 3. The van der Waals surface area contributed by atoms with Gasteiger partial charge in [0, 0.05) is 19.3 Å². The zero-order chi connectivity index (χ0) is 15.4. The topological polar surface area (TPSA) is 45.2 Å². The van der Waals surface area contributed by atoms with Gasteiger partial charge in [-0.3, -0.25) is 4.79 Å². The Balaban J connectivity index is 2.30. The van der Waals surface area contributed by atoms with Crippen LogP contribution < -0.4 is 10.2 Å². The summed E-state index contributed by atoms with van der Waals surface area (Å²) in [5, 5.41) is 3.30. The second-order valence-electron chi connectivity index (χ2n) is 4.40. The largest absolute Gasteiger partial charge is 0.370 e. The van der Waals surface area contributed by atoms with Crippen molar-refractivity contribution in [2.24, 2.45) is 0 Å². The summed E-state index contributed by atoms with van der Waals surface area (Å²) in [4.78, 5) is 18.1. The molecule has 0 bridgehead atoms. The van der Waals surface area contributed by atoms with Crippen LogP contribution in [0.3, 0.4) is 0 Å². The highest BCUT2D eigenvalue weighted by atomic mass is 35.5. The van der Waals surface area contributed by atoms with Crippen molar-refractivity contribution >= 4 is 29.0 Å². The van der Waals surface area contributed by atoms with Crippen molar-refractivity contribution in [2.45, 2.75) is 6.92 Å². The summed E-state index contributed by atoms with van der Waals surface area (Å²) in [6, 6.07) is 8.97. The first-order chi connectivity index (χ1) is 10.0. The number of benzene rings is 1. The third kappa shape index (κ3) is 3.49. The molecule has 0 atom stereocenters. The minimum Gasteiger partial charge on any atom is -0.370 e. The molecule has 0 aliphatic rings. The molecule has 0 aliphatic carbocycles. The van der Waals surface area contributed by atoms with Crippen LogP contribution in [0, 0.1) is 5.82 Å². The lowest BCUT2D eigenvalue weighted by Crippen LogP contribution is -2.27. The standard InChI is InChI=1S/C15H15ClFN3O/c1-3-18-13-9-8-12(16)14(19-13)15(21)20(2)11-6-4-10(17)5-7-11/h4-9H,3H2,1-2H3,(H,18,19). The molecule has 6 heteroatoms. The van der Waals surface area contributed by atoms with Crippen LogP contribution in [0.15, 0.2) is 36.4 Å². The molecule has 1 heterocycles. The predicted octanol–water partition coefficient (Wildman–Crippen LogP) is 3.58. The summed E-state index contributed by atoms with van der Waals surface area (Å²) in [5.41, 5.74) is 0.718. The fraction of sp³-hybridized carbons (Fsp3) is 0.200. The summed E-state index contributed by atoms with van der Waals surface area (Å²) in [6.07, 6.45) is 0. The summed E-state index contributed by atoms with van der Waals surface area (Å²) in [5.74, 6) is -0.131. The van der Waals surface area contributed by atoms with Crippen LogP contribution in [-0.4, -0.2) is 24.5 Å². The molecule has 2 rings (SSSR count). The number of nitrogens with one attached hydrogen (secondary N) is 1. The Labute approximate surface area is 127 Å². The van der Waals surface area contributed by atoms with Gasteiger partial charge in [0.15, 0.2) is 0 Å². The SMILES string of the molecule is CCNc1ccc(Cl)c(C(=O)N(C)c2ccc(F)cc2)n1. The maximum atomic E-state index is 12.9. The van der Waals surface area contributed by atoms with Crippen LogP contribution in [-0.2, 0) is 0 Å². The average molecular weight is 308 g/mol. The molecule has 0 saturated carbocycles. The van der Waals surface area contributed by atoms with Crippen molar-refractivity contribution in [3.05, 3.63) is 52.9 Å². The Morgan fingerprint density at radius 3 is 2.57 bits per heavy atom. The molecule has 0 fully saturated rings. The van der Waals surface area contributed by atoms with Gasteiger partial charge in [0.05, 0.1) is 5.02 Å². The van der Waals surface area contributed by atoms with Gasteiger partial charge in [0.1, 0.15) is 17.3 Å². The molecule has 0 saturated heterocycles. The lowest BCUT2D eigenvalue weighted by molar-refractivity contribution is 0.0988. The van der Waals surface area contributed by atoms with Crippen molar-refractivity contribution in [2.75, 3.05) is 23.8 Å². The number of rotatable bonds is 4. The Bertz CT molecular complexity index is 646. The number of carbonyl (C=O) groups excluding carboxylic acids is 1. The molecule has 4 nitrogen and oxygen atoms in total. The highest BCUT2D eigenvalue weighted by Gasteiger charge is 2.19. The van der Waals surface area contributed by atoms with Crippen LogP contribution >= 0.6 is 11.6 Å². The molecule has 0 aliphatic heterocycles. The van der Waals surface area contributed by atoms with E-state index in [2.05, 4.69) is 10.3 Å². The minimum absolute atomic E-state index is 0.155. The summed E-state index contributed by atoms with van der Waals surface area (Å²) in [6.45, 7) is 2.62. The van der Waals surface area contributed by atoms with Crippen LogP contribution in [0.5, 0.6) is 0 Å². The van der Waals surface area contributed by atoms with E-state index < -0.39 is 0 Å². The van der Waals surface area contributed by atoms with Crippen LogP contribution in [0.1, 0.15) is 17.4 Å². The Morgan fingerprint density at radius 1 is 1.29 bits per heavy atom. The second kappa shape index (κ2) is 6.54. The first-order valence-electron chi connectivity index (χ1n) is 6.47. The van der Waals surface area contributed by atoms with E-state index in [0.717, 1.165) is 0 Å². The molecule has 1 aromatic heterocycles. The van der Waals surface area contributed by atoms with E-state index in [4.69, 9.17) is 11.6 Å². The van der Waals surface area contributed by atoms with E-state index in [1.165, 1.54) is 29.2 Å². The first-order valence-corrected chi connectivity index (χ1v) is 6.84. The van der Waals surface area contributed by atoms with Gasteiger partial charge in [-0.05, 0) is 43.3 Å². The van der Waals surface area contributed by atoms with Crippen molar-refractivity contribution in [1.29, 1.82) is 0 Å². The zero-order valence-electron chi connectivity index (χ0n) is 11.7. The average Bonchev–Trinajstić information content (AvgIpc) is 2.49. The summed E-state index contributed by atoms with van der Waals surface area (Å²) < 4.78 is 12.9. The molecule has 1 aromatic carbocycles. The van der Waals surface area contributed by atoms with E-state index in [9.17, 15) is 9.18 Å². The Kier molecular flexibility index (Phi) is 4.75. The van der Waals surface area contributed by atoms with Gasteiger partial charge in [-0.15, -0.1) is 0 Å². The lowest BCUT2D eigenvalue weighted by atomic mass is 10.2. The normalized spacial score (nSPS) is 10.3. The molecule has 0 radical (unpaired) electrons. The van der Waals surface area contributed by atoms with Gasteiger partial charge >= 0.3 is 0 Å². The van der Waals surface area contributed by atoms with Gasteiger partial charge < -0.3 is 10.2 Å². The molecule has 2 aromatic rings. The van der Waals surface area contributed by atoms with Crippen LogP contribution in [0.25, 0.3) is 0 Å².